The molecule has 55 atom stereocenters. The highest BCUT2D eigenvalue weighted by molar-refractivity contribution is 5.75. The van der Waals surface area contributed by atoms with E-state index in [4.69, 9.17) is 99.5 Å². The monoisotopic (exact) mass is 2010 g/mol. The van der Waals surface area contributed by atoms with E-state index in [1.165, 1.54) is 0 Å². The van der Waals surface area contributed by atoms with Crippen LogP contribution in [0.5, 0.6) is 0 Å². The number of carbonyl (C=O) groups excluding carboxylic acids is 5. The number of ether oxygens (including phenoxy) is 21. The molecule has 11 aliphatic heterocycles. The minimum Gasteiger partial charge on any atom is -0.394 e. The Hall–Kier alpha value is -4.69. The van der Waals surface area contributed by atoms with Gasteiger partial charge in [0.25, 0.3) is 0 Å². The molecular weight excluding hydrogens is 1880 g/mol. The summed E-state index contributed by atoms with van der Waals surface area (Å²) in [4.78, 5) is 64.5. The lowest BCUT2D eigenvalue weighted by atomic mass is 9.93. The molecule has 0 aliphatic carbocycles. The summed E-state index contributed by atoms with van der Waals surface area (Å²) < 4.78 is 125. The molecule has 137 heavy (non-hydrogen) atoms. The first-order valence-corrected chi connectivity index (χ1v) is 43.7. The molecule has 11 fully saturated rings. The van der Waals surface area contributed by atoms with E-state index in [2.05, 4.69) is 26.6 Å². The Kier molecular flexibility index (Phi) is 40.7. The first kappa shape index (κ1) is 113. The average molecular weight is 2010 g/mol. The second-order valence-electron chi connectivity index (χ2n) is 34.5. The zero-order chi connectivity index (χ0) is 101. The van der Waals surface area contributed by atoms with E-state index in [0.29, 0.717) is 0 Å². The molecule has 0 aromatic carbocycles. The van der Waals surface area contributed by atoms with Crippen molar-refractivity contribution in [2.45, 2.75) is 372 Å². The molecular formula is C76H127N5O56. The van der Waals surface area contributed by atoms with Gasteiger partial charge in [-0.25, -0.2) is 0 Å². The maximum absolute atomic E-state index is 13.4. The maximum atomic E-state index is 13.4. The van der Waals surface area contributed by atoms with E-state index < -0.39 is 440 Å². The van der Waals surface area contributed by atoms with Gasteiger partial charge in [-0.15, -0.1) is 0 Å². The van der Waals surface area contributed by atoms with Crippen molar-refractivity contribution in [3.63, 3.8) is 0 Å². The average Bonchev–Trinajstić information content (AvgIpc) is 0.755. The molecule has 0 aromatic rings. The Bertz CT molecular complexity index is 3780. The molecule has 5 amide bonds. The molecule has 0 saturated carbocycles. The topological polar surface area (TPSA) is 946 Å². The van der Waals surface area contributed by atoms with Crippen molar-refractivity contribution >= 4 is 29.5 Å². The normalized spacial score (nSPS) is 48.9. The summed E-state index contributed by atoms with van der Waals surface area (Å²) in [5.41, 5.74) is 0. The highest BCUT2D eigenvalue weighted by Gasteiger charge is 2.63. The zero-order valence-electron chi connectivity index (χ0n) is 73.6. The lowest BCUT2D eigenvalue weighted by molar-refractivity contribution is -0.400. The van der Waals surface area contributed by atoms with Crippen molar-refractivity contribution in [1.29, 1.82) is 0 Å². The van der Waals surface area contributed by atoms with Crippen LogP contribution < -0.4 is 26.6 Å². The lowest BCUT2D eigenvalue weighted by Gasteiger charge is -2.51. The predicted molar refractivity (Wildman–Crippen MR) is 420 cm³/mol. The van der Waals surface area contributed by atoms with E-state index in [9.17, 15) is 177 Å². The van der Waals surface area contributed by atoms with Crippen molar-refractivity contribution in [3.8, 4) is 0 Å². The molecule has 61 heteroatoms. The number of aliphatic hydroxyl groups is 30. The predicted octanol–water partition coefficient (Wildman–Crippen LogP) is -24.3. The molecule has 35 N–H and O–H groups in total. The molecule has 0 spiro atoms. The van der Waals surface area contributed by atoms with Crippen LogP contribution in [0.3, 0.4) is 0 Å². The highest BCUT2D eigenvalue weighted by Crippen LogP contribution is 2.42. The van der Waals surface area contributed by atoms with Gasteiger partial charge in [0.15, 0.2) is 69.2 Å². The minimum atomic E-state index is -2.66. The molecule has 11 heterocycles. The zero-order valence-corrected chi connectivity index (χ0v) is 73.6. The van der Waals surface area contributed by atoms with Crippen LogP contribution in [0, 0.1) is 0 Å². The second kappa shape index (κ2) is 49.5. The summed E-state index contributed by atoms with van der Waals surface area (Å²) in [5.74, 6) is -4.74. The van der Waals surface area contributed by atoms with Crippen LogP contribution in [0.2, 0.25) is 0 Å². The van der Waals surface area contributed by atoms with Gasteiger partial charge in [-0.05, 0) is 0 Å². The van der Waals surface area contributed by atoms with E-state index in [0.717, 1.165) is 34.6 Å². The Morgan fingerprint density at radius 3 is 0.701 bits per heavy atom. The summed E-state index contributed by atoms with van der Waals surface area (Å²) >= 11 is 0. The van der Waals surface area contributed by atoms with E-state index >= 15 is 0 Å². The Morgan fingerprint density at radius 2 is 0.394 bits per heavy atom. The van der Waals surface area contributed by atoms with E-state index in [1.54, 1.807) is 0 Å². The molecule has 792 valence electrons. The first-order chi connectivity index (χ1) is 64.9. The van der Waals surface area contributed by atoms with Crippen molar-refractivity contribution in [2.24, 2.45) is 0 Å². The number of hydrogen-bond donors (Lipinski definition) is 35. The van der Waals surface area contributed by atoms with Gasteiger partial charge in [-0.3, -0.25) is 24.0 Å². The molecule has 0 unspecified atom stereocenters. The van der Waals surface area contributed by atoms with E-state index in [1.807, 2.05) is 0 Å². The first-order valence-electron chi connectivity index (χ1n) is 43.7. The second-order valence-corrected chi connectivity index (χ2v) is 34.5. The summed E-state index contributed by atoms with van der Waals surface area (Å²) in [6, 6.07) is -9.62. The lowest BCUT2D eigenvalue weighted by Crippen LogP contribution is -2.71. The maximum Gasteiger partial charge on any atom is 0.217 e. The van der Waals surface area contributed by atoms with Gasteiger partial charge in [-0.1, -0.05) is 0 Å². The third-order valence-electron chi connectivity index (χ3n) is 25.0. The van der Waals surface area contributed by atoms with Crippen LogP contribution in [0.15, 0.2) is 0 Å². The van der Waals surface area contributed by atoms with Crippen LogP contribution in [0.25, 0.3) is 0 Å². The van der Waals surface area contributed by atoms with Gasteiger partial charge >= 0.3 is 0 Å². The summed E-state index contributed by atoms with van der Waals surface area (Å²) in [5, 5.41) is 349. The number of hydrogen-bond acceptors (Lipinski definition) is 56. The smallest absolute Gasteiger partial charge is 0.217 e. The van der Waals surface area contributed by atoms with Gasteiger partial charge in [-0.2, -0.15) is 0 Å². The van der Waals surface area contributed by atoms with Crippen LogP contribution in [0.4, 0.5) is 0 Å². The van der Waals surface area contributed by atoms with Crippen LogP contribution in [-0.2, 0) is 123 Å². The quantitative estimate of drug-likeness (QED) is 0.0277. The number of nitrogens with one attached hydrogen (secondary N) is 5. The fourth-order valence-corrected chi connectivity index (χ4v) is 17.8. The van der Waals surface area contributed by atoms with E-state index in [-0.39, 0.29) is 0 Å². The molecule has 11 rings (SSSR count). The molecule has 0 radical (unpaired) electrons. The molecule has 61 nitrogen and oxygen atoms in total. The SMILES string of the molecule is CC(=O)N[C@@H]1[C@@H](O)[C@H](O[C@@H]2O[C@H](CO)[C@@H](O[C@@H]3O[C@H](CO[C@H]4O[C@H](CO)[C@@H](O)[C@H](O)[C@@H]4O[C@@H]4O[C@H](CO)[C@@H](O[C@@H]5O[C@H](CO)[C@H](O)[C@H](O)[C@H]5O)[C@H](O)[C@H]4NC(C)=O)[C@@H](O)[C@H](O[C@H]4O[C@H](CO)[C@@H](O)[C@H](O)[C@@H]4O[C@@H]4O[C@H](CO)[C@@H](O[C@@H]5O[C@H](CO)[C@H](O)[C@H](O[C@@H]6O[C@H](CO)[C@@H](O[C@@H]7O[C@H](CO)[C@H](O)[C@H](O)[C@@H]7O)[C@H](O)[C@H]6NC(C)=O)[C@H]5O)[C@H](O)[C@H]4NC(C)=O)[C@@H]3O)[C@H](O)[C@H]2NC(C)=O)[C@@H](CO)O[C@H]1O. The van der Waals surface area contributed by atoms with Crippen LogP contribution in [0.1, 0.15) is 34.6 Å². The van der Waals surface area contributed by atoms with Crippen molar-refractivity contribution in [1.82, 2.24) is 26.6 Å². The van der Waals surface area contributed by atoms with Crippen molar-refractivity contribution < 1.29 is 277 Å². The number of carbonyl (C=O) groups is 5. The number of aliphatic hydroxyl groups excluding tert-OH is 30. The third kappa shape index (κ3) is 25.0. The molecule has 11 aliphatic rings. The van der Waals surface area contributed by atoms with Gasteiger partial charge in [0, 0.05) is 34.6 Å². The Morgan fingerprint density at radius 1 is 0.190 bits per heavy atom. The standard InChI is InChI=1S/C76H127N5O56/c1-17(92)77-33-44(103)57(27(11-87)118-66(33)116)129-67-34(78-18(2)93)45(104)61(30(14-90)124-67)133-74-56(115)63(43(102)32(128-74)16-117-75-64(51(110)40(99)24(8-84)122-75)136-69-36(80-20(4)95)47(106)59(29(13-89)126-69)131-72-54(113)50(109)39(98)23(7-83)120-72)135-76-65(52(111)41(100)25(9-85)123-76)137-70-37(81-21(5)96)48(107)60(31(15-91)127-70)132-73-55(114)62(42(101)26(10-86)121-73)134-68-35(79-19(3)94)46(105)58(28(12-88)125-68)130-71-53(112)49(108)38(97)22(6-82)119-71/h22-76,82-91,97-116H,6-16H2,1-5H3,(H,77,92)(H,78,93)(H,79,94)(H,80,95)(H,81,96)/t22-,23-,24-,25-,26-,27-,28-,29-,30-,31-,32-,33-,34-,35-,36-,37-,38+,39+,40-,41-,42+,43-,44-,45-,46-,47-,48-,49+,50+,51+,52+,53+,54-,55-,56+,57-,58-,59-,60-,61-,62+,63+,64+,65+,66-,67+,68+,69+,70+,71+,72+,73+,74+,75+,76-/m1/s1. The summed E-state index contributed by atoms with van der Waals surface area (Å²) in [7, 11) is 0. The van der Waals surface area contributed by atoms with Gasteiger partial charge in [0.2, 0.25) is 29.5 Å². The minimum absolute atomic E-state index is 0.815. The third-order valence-corrected chi connectivity index (χ3v) is 25.0. The largest absolute Gasteiger partial charge is 0.394 e. The van der Waals surface area contributed by atoms with Crippen molar-refractivity contribution in [3.05, 3.63) is 0 Å². The Balaban J connectivity index is 0.893. The van der Waals surface area contributed by atoms with Crippen LogP contribution in [-0.4, -0.2) is 593 Å². The number of amides is 5. The van der Waals surface area contributed by atoms with Crippen LogP contribution >= 0.6 is 0 Å². The van der Waals surface area contributed by atoms with Gasteiger partial charge in [0.1, 0.15) is 268 Å². The fourth-order valence-electron chi connectivity index (χ4n) is 17.8. The van der Waals surface area contributed by atoms with Crippen molar-refractivity contribution in [2.75, 3.05) is 72.7 Å². The molecule has 11 saturated heterocycles. The van der Waals surface area contributed by atoms with Gasteiger partial charge < -0.3 is 279 Å². The number of rotatable bonds is 36. The summed E-state index contributed by atoms with van der Waals surface area (Å²) in [6.45, 7) is -7.92. The molecule has 0 aromatic heterocycles. The highest BCUT2D eigenvalue weighted by atomic mass is 16.8. The summed E-state index contributed by atoms with van der Waals surface area (Å²) in [6.07, 6.45) is -107. The fraction of sp³-hybridized carbons (Fsp3) is 0.934. The van der Waals surface area contributed by atoms with Gasteiger partial charge in [0.05, 0.1) is 72.7 Å². The Labute approximate surface area is 775 Å². The molecule has 0 bridgehead atoms.